The molecule has 1 fully saturated rings. The quantitative estimate of drug-likeness (QED) is 0.631. The molecule has 0 atom stereocenters. The summed E-state index contributed by atoms with van der Waals surface area (Å²) >= 11 is 6.11. The molecule has 0 radical (unpaired) electrons. The summed E-state index contributed by atoms with van der Waals surface area (Å²) in [4.78, 5) is 26.4. The Morgan fingerprint density at radius 1 is 1.06 bits per heavy atom. The third-order valence-electron chi connectivity index (χ3n) is 4.88. The van der Waals surface area contributed by atoms with Gasteiger partial charge < -0.3 is 20.1 Å². The highest BCUT2D eigenvalue weighted by Crippen LogP contribution is 2.29. The highest BCUT2D eigenvalue weighted by Gasteiger charge is 2.24. The maximum atomic E-state index is 12.4. The Bertz CT molecular complexity index is 920. The monoisotopic (exact) mass is 459 g/mol. The summed E-state index contributed by atoms with van der Waals surface area (Å²) in [6, 6.07) is 14.5. The zero-order valence-electron chi connectivity index (χ0n) is 18.7. The van der Waals surface area contributed by atoms with Crippen molar-refractivity contribution in [2.24, 2.45) is 0 Å². The molecule has 3 rings (SSSR count). The lowest BCUT2D eigenvalue weighted by atomic mass is 10.1. The minimum absolute atomic E-state index is 0.0647. The van der Waals surface area contributed by atoms with Gasteiger partial charge in [0.05, 0.1) is 11.6 Å². The predicted octanol–water partition coefficient (Wildman–Crippen LogP) is 5.06. The largest absolute Gasteiger partial charge is 0.456 e. The number of rotatable bonds is 6. The molecule has 1 heterocycles. The smallest absolute Gasteiger partial charge is 0.407 e. The van der Waals surface area contributed by atoms with Crippen LogP contribution in [0.3, 0.4) is 0 Å². The lowest BCUT2D eigenvalue weighted by molar-refractivity contribution is -0.117. The van der Waals surface area contributed by atoms with E-state index in [1.54, 1.807) is 36.4 Å². The Morgan fingerprint density at radius 3 is 2.34 bits per heavy atom. The lowest BCUT2D eigenvalue weighted by Crippen LogP contribution is -2.47. The number of hydrogen-bond acceptors (Lipinski definition) is 5. The number of alkyl carbamates (subject to hydrolysis) is 1. The van der Waals surface area contributed by atoms with Gasteiger partial charge in [0.1, 0.15) is 17.1 Å². The van der Waals surface area contributed by atoms with Gasteiger partial charge in [0.25, 0.3) is 0 Å². The molecule has 8 heteroatoms. The van der Waals surface area contributed by atoms with E-state index in [1.165, 1.54) is 0 Å². The van der Waals surface area contributed by atoms with Gasteiger partial charge in [-0.3, -0.25) is 9.69 Å². The molecule has 2 amide bonds. The summed E-state index contributed by atoms with van der Waals surface area (Å²) in [7, 11) is 0. The number of benzene rings is 2. The van der Waals surface area contributed by atoms with Gasteiger partial charge in [0, 0.05) is 24.8 Å². The predicted molar refractivity (Wildman–Crippen MR) is 125 cm³/mol. The minimum atomic E-state index is -0.512. The number of carbonyl (C=O) groups is 2. The van der Waals surface area contributed by atoms with Crippen molar-refractivity contribution in [2.45, 2.75) is 45.3 Å². The number of halogens is 1. The van der Waals surface area contributed by atoms with Crippen LogP contribution in [0.2, 0.25) is 5.02 Å². The summed E-state index contributed by atoms with van der Waals surface area (Å²) in [6.45, 7) is 7.29. The van der Waals surface area contributed by atoms with Crippen LogP contribution in [0.15, 0.2) is 48.5 Å². The maximum absolute atomic E-state index is 12.4. The fourth-order valence-corrected chi connectivity index (χ4v) is 3.55. The fraction of sp³-hybridized carbons (Fsp3) is 0.417. The summed E-state index contributed by atoms with van der Waals surface area (Å²) in [6.07, 6.45) is 1.16. The van der Waals surface area contributed by atoms with Crippen LogP contribution in [0.25, 0.3) is 0 Å². The highest BCUT2D eigenvalue weighted by molar-refractivity contribution is 6.32. The number of amides is 2. The number of nitrogens with one attached hydrogen (secondary N) is 2. The summed E-state index contributed by atoms with van der Waals surface area (Å²) in [5.41, 5.74) is 0.185. The zero-order chi connectivity index (χ0) is 23.1. The molecule has 32 heavy (non-hydrogen) atoms. The van der Waals surface area contributed by atoms with E-state index in [1.807, 2.05) is 32.9 Å². The molecule has 0 bridgehead atoms. The SMILES string of the molecule is CC(C)(C)OC(=O)NC1CCN(CC(=O)Nc2ccc(Oc3ccccc3Cl)cc2)CC1. The van der Waals surface area contributed by atoms with Crippen molar-refractivity contribution in [3.63, 3.8) is 0 Å². The van der Waals surface area contributed by atoms with Crippen LogP contribution in [0.4, 0.5) is 10.5 Å². The number of piperidine rings is 1. The molecule has 172 valence electrons. The molecule has 1 aliphatic heterocycles. The second-order valence-electron chi connectivity index (χ2n) is 8.80. The number of para-hydroxylation sites is 1. The van der Waals surface area contributed by atoms with Crippen LogP contribution in [0.5, 0.6) is 11.5 Å². The number of ether oxygens (including phenoxy) is 2. The zero-order valence-corrected chi connectivity index (χ0v) is 19.4. The molecular weight excluding hydrogens is 430 g/mol. The second-order valence-corrected chi connectivity index (χ2v) is 9.21. The second kappa shape index (κ2) is 10.7. The number of nitrogens with zero attached hydrogens (tertiary/aromatic N) is 1. The molecule has 0 aliphatic carbocycles. The number of hydrogen-bond donors (Lipinski definition) is 2. The van der Waals surface area contributed by atoms with Crippen molar-refractivity contribution in [3.05, 3.63) is 53.6 Å². The topological polar surface area (TPSA) is 79.9 Å². The van der Waals surface area contributed by atoms with Gasteiger partial charge in [-0.1, -0.05) is 23.7 Å². The molecular formula is C24H30ClN3O4. The van der Waals surface area contributed by atoms with Crippen molar-refractivity contribution >= 4 is 29.3 Å². The van der Waals surface area contributed by atoms with Crippen LogP contribution in [0.1, 0.15) is 33.6 Å². The molecule has 1 aliphatic rings. The van der Waals surface area contributed by atoms with Gasteiger partial charge in [-0.2, -0.15) is 0 Å². The molecule has 2 aromatic carbocycles. The van der Waals surface area contributed by atoms with Crippen LogP contribution in [0, 0.1) is 0 Å². The molecule has 0 spiro atoms. The fourth-order valence-electron chi connectivity index (χ4n) is 3.37. The Kier molecular flexibility index (Phi) is 7.99. The van der Waals surface area contributed by atoms with E-state index in [9.17, 15) is 9.59 Å². The van der Waals surface area contributed by atoms with Gasteiger partial charge in [-0.25, -0.2) is 4.79 Å². The van der Waals surface area contributed by atoms with Gasteiger partial charge in [-0.15, -0.1) is 0 Å². The maximum Gasteiger partial charge on any atom is 0.407 e. The Morgan fingerprint density at radius 2 is 1.72 bits per heavy atom. The third-order valence-corrected chi connectivity index (χ3v) is 5.19. The first kappa shape index (κ1) is 23.9. The molecule has 0 unspecified atom stereocenters. The van der Waals surface area contributed by atoms with E-state index in [2.05, 4.69) is 15.5 Å². The molecule has 0 saturated carbocycles. The Labute approximate surface area is 194 Å². The van der Waals surface area contributed by atoms with Crippen molar-refractivity contribution in [2.75, 3.05) is 25.0 Å². The first-order chi connectivity index (χ1) is 15.2. The van der Waals surface area contributed by atoms with Crippen molar-refractivity contribution < 1.29 is 19.1 Å². The van der Waals surface area contributed by atoms with Crippen LogP contribution < -0.4 is 15.4 Å². The molecule has 0 aromatic heterocycles. The summed E-state index contributed by atoms with van der Waals surface area (Å²) in [5.74, 6) is 1.13. The minimum Gasteiger partial charge on any atom is -0.456 e. The average molecular weight is 460 g/mol. The first-order valence-electron chi connectivity index (χ1n) is 10.7. The van der Waals surface area contributed by atoms with Gasteiger partial charge >= 0.3 is 6.09 Å². The van der Waals surface area contributed by atoms with Gasteiger partial charge in [0.2, 0.25) is 5.91 Å². The van der Waals surface area contributed by atoms with E-state index < -0.39 is 11.7 Å². The van der Waals surface area contributed by atoms with E-state index in [4.69, 9.17) is 21.1 Å². The molecule has 2 N–H and O–H groups in total. The number of carbonyl (C=O) groups excluding carboxylic acids is 2. The van der Waals surface area contributed by atoms with E-state index in [-0.39, 0.29) is 11.9 Å². The first-order valence-corrected chi connectivity index (χ1v) is 11.1. The summed E-state index contributed by atoms with van der Waals surface area (Å²) < 4.78 is 11.1. The van der Waals surface area contributed by atoms with Crippen molar-refractivity contribution in [3.8, 4) is 11.5 Å². The van der Waals surface area contributed by atoms with E-state index in [0.29, 0.717) is 28.8 Å². The number of anilines is 1. The van der Waals surface area contributed by atoms with E-state index in [0.717, 1.165) is 25.9 Å². The lowest BCUT2D eigenvalue weighted by Gasteiger charge is -2.32. The molecule has 7 nitrogen and oxygen atoms in total. The van der Waals surface area contributed by atoms with Crippen LogP contribution in [-0.4, -0.2) is 48.2 Å². The highest BCUT2D eigenvalue weighted by atomic mass is 35.5. The number of likely N-dealkylation sites (tertiary alicyclic amines) is 1. The summed E-state index contributed by atoms with van der Waals surface area (Å²) in [5, 5.41) is 6.35. The van der Waals surface area contributed by atoms with Crippen molar-refractivity contribution in [1.29, 1.82) is 0 Å². The third kappa shape index (κ3) is 7.73. The molecule has 1 saturated heterocycles. The van der Waals surface area contributed by atoms with Crippen LogP contribution >= 0.6 is 11.6 Å². The molecule has 2 aromatic rings. The normalized spacial score (nSPS) is 15.1. The Balaban J connectivity index is 1.40. The standard InChI is InChI=1S/C24H30ClN3O4/c1-24(2,3)32-23(30)27-18-12-14-28(15-13-18)16-22(29)26-17-8-10-19(11-9-17)31-21-7-5-4-6-20(21)25/h4-11,18H,12-16H2,1-3H3,(H,26,29)(H,27,30). The van der Waals surface area contributed by atoms with E-state index >= 15 is 0 Å². The average Bonchev–Trinajstić information content (AvgIpc) is 2.71. The van der Waals surface area contributed by atoms with Crippen LogP contribution in [-0.2, 0) is 9.53 Å². The Hall–Kier alpha value is -2.77. The van der Waals surface area contributed by atoms with Crippen molar-refractivity contribution in [1.82, 2.24) is 10.2 Å². The van der Waals surface area contributed by atoms with Gasteiger partial charge in [0.15, 0.2) is 0 Å². The van der Waals surface area contributed by atoms with Gasteiger partial charge in [-0.05, 0) is 70.0 Å².